The van der Waals surface area contributed by atoms with Crippen molar-refractivity contribution >= 4 is 41.4 Å². The van der Waals surface area contributed by atoms with Crippen LogP contribution in [0, 0.1) is 5.92 Å². The number of aliphatic carboxylic acids is 2. The van der Waals surface area contributed by atoms with Gasteiger partial charge in [0.25, 0.3) is 0 Å². The highest BCUT2D eigenvalue weighted by Crippen LogP contribution is 2.08. The number of carboxylic acids is 2. The zero-order chi connectivity index (χ0) is 25.0. The third-order valence-electron chi connectivity index (χ3n) is 4.54. The standard InChI is InChI=1S/C19H34N4O8S/c1-9(2)14(18(29)23-15(10(3)24)19(30)31)22-17(28)12(7-8-32-4)21-16(27)11(20)5-6-13(25)26/h9-12,14-15,24H,5-8,20H2,1-4H3,(H,21,27)(H,22,28)(H,23,29)(H,25,26)(H,30,31). The molecule has 0 aromatic carbocycles. The van der Waals surface area contributed by atoms with Crippen LogP contribution in [0.5, 0.6) is 0 Å². The number of hydrogen-bond acceptors (Lipinski definition) is 8. The van der Waals surface area contributed by atoms with Gasteiger partial charge in [-0.2, -0.15) is 11.8 Å². The Bertz CT molecular complexity index is 674. The van der Waals surface area contributed by atoms with Crippen LogP contribution in [-0.2, 0) is 24.0 Å². The highest BCUT2D eigenvalue weighted by molar-refractivity contribution is 7.98. The lowest BCUT2D eigenvalue weighted by Gasteiger charge is -2.27. The largest absolute Gasteiger partial charge is 0.481 e. The minimum Gasteiger partial charge on any atom is -0.481 e. The van der Waals surface area contributed by atoms with E-state index in [2.05, 4.69) is 16.0 Å². The lowest BCUT2D eigenvalue weighted by atomic mass is 10.0. The number of carboxylic acid groups (broad SMARTS) is 2. The maximum absolute atomic E-state index is 12.8. The zero-order valence-electron chi connectivity index (χ0n) is 18.7. The highest BCUT2D eigenvalue weighted by Gasteiger charge is 2.33. The Balaban J connectivity index is 5.34. The zero-order valence-corrected chi connectivity index (χ0v) is 19.5. The first kappa shape index (κ1) is 29.6. The number of aliphatic hydroxyl groups is 1. The third-order valence-corrected chi connectivity index (χ3v) is 5.19. The van der Waals surface area contributed by atoms with Gasteiger partial charge in [0.2, 0.25) is 17.7 Å². The second-order valence-corrected chi connectivity index (χ2v) is 8.66. The second kappa shape index (κ2) is 14.6. The molecule has 0 spiro atoms. The van der Waals surface area contributed by atoms with Crippen LogP contribution >= 0.6 is 11.8 Å². The Morgan fingerprint density at radius 3 is 1.88 bits per heavy atom. The van der Waals surface area contributed by atoms with Crippen LogP contribution in [0.3, 0.4) is 0 Å². The Labute approximate surface area is 191 Å². The molecule has 0 aliphatic rings. The van der Waals surface area contributed by atoms with E-state index in [1.165, 1.54) is 18.7 Å². The Kier molecular flexibility index (Phi) is 13.5. The third kappa shape index (κ3) is 10.8. The van der Waals surface area contributed by atoms with Crippen molar-refractivity contribution in [3.63, 3.8) is 0 Å². The number of nitrogens with one attached hydrogen (secondary N) is 3. The van der Waals surface area contributed by atoms with Crippen molar-refractivity contribution in [1.82, 2.24) is 16.0 Å². The van der Waals surface area contributed by atoms with Gasteiger partial charge in [-0.1, -0.05) is 13.8 Å². The summed E-state index contributed by atoms with van der Waals surface area (Å²) in [7, 11) is 0. The maximum Gasteiger partial charge on any atom is 0.328 e. The average Bonchev–Trinajstić information content (AvgIpc) is 2.69. The van der Waals surface area contributed by atoms with Gasteiger partial charge in [0, 0.05) is 6.42 Å². The van der Waals surface area contributed by atoms with E-state index in [1.54, 1.807) is 13.8 Å². The van der Waals surface area contributed by atoms with Crippen molar-refractivity contribution in [2.24, 2.45) is 11.7 Å². The quantitative estimate of drug-likeness (QED) is 0.145. The molecular weight excluding hydrogens is 444 g/mol. The molecule has 0 radical (unpaired) electrons. The molecule has 3 amide bonds. The minimum absolute atomic E-state index is 0.106. The summed E-state index contributed by atoms with van der Waals surface area (Å²) >= 11 is 1.43. The van der Waals surface area contributed by atoms with Gasteiger partial charge in [0.05, 0.1) is 12.1 Å². The van der Waals surface area contributed by atoms with Crippen LogP contribution in [0.15, 0.2) is 0 Å². The summed E-state index contributed by atoms with van der Waals surface area (Å²) in [5, 5.41) is 34.6. The Morgan fingerprint density at radius 2 is 1.44 bits per heavy atom. The Hall–Kier alpha value is -2.38. The van der Waals surface area contributed by atoms with Crippen LogP contribution in [0.25, 0.3) is 0 Å². The van der Waals surface area contributed by atoms with E-state index in [-0.39, 0.29) is 19.3 Å². The number of carbonyl (C=O) groups is 5. The summed E-state index contributed by atoms with van der Waals surface area (Å²) < 4.78 is 0. The lowest BCUT2D eigenvalue weighted by molar-refractivity contribution is -0.145. The van der Waals surface area contributed by atoms with Gasteiger partial charge in [0.1, 0.15) is 12.1 Å². The van der Waals surface area contributed by atoms with Gasteiger partial charge in [-0.25, -0.2) is 4.79 Å². The summed E-state index contributed by atoms with van der Waals surface area (Å²) in [5.74, 6) is -4.62. The number of amides is 3. The number of hydrogen-bond donors (Lipinski definition) is 7. The molecule has 0 aliphatic heterocycles. The molecule has 5 atom stereocenters. The number of aliphatic hydroxyl groups excluding tert-OH is 1. The van der Waals surface area contributed by atoms with Crippen LogP contribution < -0.4 is 21.7 Å². The molecule has 0 saturated heterocycles. The van der Waals surface area contributed by atoms with Crippen molar-refractivity contribution in [3.8, 4) is 0 Å². The SMILES string of the molecule is CSCCC(NC(=O)C(N)CCC(=O)O)C(=O)NC(C(=O)NC(C(=O)O)C(C)O)C(C)C. The van der Waals surface area contributed by atoms with Gasteiger partial charge < -0.3 is 37.0 Å². The van der Waals surface area contributed by atoms with Gasteiger partial charge in [0.15, 0.2) is 6.04 Å². The molecule has 13 heteroatoms. The smallest absolute Gasteiger partial charge is 0.328 e. The predicted molar refractivity (Wildman–Crippen MR) is 118 cm³/mol. The molecule has 5 unspecified atom stereocenters. The molecule has 32 heavy (non-hydrogen) atoms. The second-order valence-electron chi connectivity index (χ2n) is 7.68. The van der Waals surface area contributed by atoms with Gasteiger partial charge in [-0.3, -0.25) is 19.2 Å². The molecule has 184 valence electrons. The number of thioether (sulfide) groups is 1. The Morgan fingerprint density at radius 1 is 0.875 bits per heavy atom. The highest BCUT2D eigenvalue weighted by atomic mass is 32.2. The van der Waals surface area contributed by atoms with Crippen LogP contribution in [0.1, 0.15) is 40.0 Å². The molecule has 0 bridgehead atoms. The molecule has 8 N–H and O–H groups in total. The van der Waals surface area contributed by atoms with Crippen LogP contribution in [0.2, 0.25) is 0 Å². The number of nitrogens with two attached hydrogens (primary N) is 1. The molecule has 0 saturated carbocycles. The maximum atomic E-state index is 12.8. The first-order chi connectivity index (χ1) is 14.8. The molecule has 0 aromatic rings. The molecule has 0 fully saturated rings. The van der Waals surface area contributed by atoms with Gasteiger partial charge in [-0.05, 0) is 37.7 Å². The molecule has 0 aromatic heterocycles. The normalized spacial score (nSPS) is 15.7. The van der Waals surface area contributed by atoms with Crippen molar-refractivity contribution in [3.05, 3.63) is 0 Å². The van der Waals surface area contributed by atoms with Crippen molar-refractivity contribution in [2.45, 2.75) is 70.3 Å². The van der Waals surface area contributed by atoms with Crippen molar-refractivity contribution in [2.75, 3.05) is 12.0 Å². The fourth-order valence-electron chi connectivity index (χ4n) is 2.61. The van der Waals surface area contributed by atoms with Gasteiger partial charge >= 0.3 is 11.9 Å². The summed E-state index contributed by atoms with van der Waals surface area (Å²) in [6.07, 6.45) is 0.260. The molecule has 0 heterocycles. The van der Waals surface area contributed by atoms with E-state index < -0.39 is 65.8 Å². The lowest BCUT2D eigenvalue weighted by Crippen LogP contribution is -2.59. The van der Waals surface area contributed by atoms with Crippen LogP contribution in [-0.4, -0.2) is 87.3 Å². The van der Waals surface area contributed by atoms with E-state index >= 15 is 0 Å². The fraction of sp³-hybridized carbons (Fsp3) is 0.737. The van der Waals surface area contributed by atoms with Gasteiger partial charge in [-0.15, -0.1) is 0 Å². The predicted octanol–water partition coefficient (Wildman–Crippen LogP) is -1.49. The fourth-order valence-corrected chi connectivity index (χ4v) is 3.09. The van der Waals surface area contributed by atoms with E-state index in [4.69, 9.17) is 15.9 Å². The molecular formula is C19H34N4O8S. The first-order valence-corrected chi connectivity index (χ1v) is 11.5. The number of rotatable bonds is 15. The summed E-state index contributed by atoms with van der Waals surface area (Å²) in [6, 6.07) is -4.84. The minimum atomic E-state index is -1.56. The summed E-state index contributed by atoms with van der Waals surface area (Å²) in [5.41, 5.74) is 5.70. The van der Waals surface area contributed by atoms with E-state index in [1.807, 2.05) is 6.26 Å². The van der Waals surface area contributed by atoms with Crippen molar-refractivity contribution < 1.29 is 39.3 Å². The topological polar surface area (TPSA) is 208 Å². The van der Waals surface area contributed by atoms with E-state index in [0.717, 1.165) is 0 Å². The molecule has 0 rings (SSSR count). The summed E-state index contributed by atoms with van der Waals surface area (Å²) in [6.45, 7) is 4.49. The first-order valence-electron chi connectivity index (χ1n) is 10.1. The monoisotopic (exact) mass is 478 g/mol. The number of carbonyl (C=O) groups excluding carboxylic acids is 3. The molecule has 0 aliphatic carbocycles. The average molecular weight is 479 g/mol. The van der Waals surface area contributed by atoms with Crippen molar-refractivity contribution in [1.29, 1.82) is 0 Å². The van der Waals surface area contributed by atoms with E-state index in [0.29, 0.717) is 5.75 Å². The van der Waals surface area contributed by atoms with E-state index in [9.17, 15) is 29.1 Å². The van der Waals surface area contributed by atoms with Crippen LogP contribution in [0.4, 0.5) is 0 Å². The molecule has 12 nitrogen and oxygen atoms in total. The summed E-state index contributed by atoms with van der Waals surface area (Å²) in [4.78, 5) is 59.6.